The van der Waals surface area contributed by atoms with Crippen LogP contribution in [-0.2, 0) is 6.54 Å². The van der Waals surface area contributed by atoms with Gasteiger partial charge in [-0.25, -0.2) is 4.68 Å². The van der Waals surface area contributed by atoms with E-state index in [0.717, 1.165) is 16.6 Å². The molecule has 0 atom stereocenters. The topological polar surface area (TPSA) is 88.1 Å². The Morgan fingerprint density at radius 3 is 2.88 bits per heavy atom. The summed E-state index contributed by atoms with van der Waals surface area (Å²) >= 11 is 0. The van der Waals surface area contributed by atoms with Gasteiger partial charge >= 0.3 is 0 Å². The highest BCUT2D eigenvalue weighted by molar-refractivity contribution is 5.73. The largest absolute Gasteiger partial charge is 0.454 e. The molecule has 24 heavy (non-hydrogen) atoms. The number of para-hydroxylation sites is 1. The van der Waals surface area contributed by atoms with Gasteiger partial charge in [0, 0.05) is 5.56 Å². The van der Waals surface area contributed by atoms with E-state index >= 15 is 0 Å². The summed E-state index contributed by atoms with van der Waals surface area (Å²) in [5, 5.41) is 16.4. The van der Waals surface area contributed by atoms with Crippen molar-refractivity contribution >= 4 is 11.0 Å². The van der Waals surface area contributed by atoms with Gasteiger partial charge in [-0.15, -0.1) is 15.3 Å². The molecule has 5 rings (SSSR count). The Balaban J connectivity index is 1.45. The molecule has 2 aromatic heterocycles. The van der Waals surface area contributed by atoms with E-state index in [0.29, 0.717) is 29.8 Å². The van der Waals surface area contributed by atoms with Gasteiger partial charge in [-0.2, -0.15) is 0 Å². The lowest BCUT2D eigenvalue weighted by molar-refractivity contribution is 0.174. The van der Waals surface area contributed by atoms with E-state index in [9.17, 15) is 0 Å². The molecule has 0 N–H and O–H groups in total. The fraction of sp³-hybridized carbons (Fsp3) is 0.125. The van der Waals surface area contributed by atoms with Crippen molar-refractivity contribution in [3.05, 3.63) is 48.4 Å². The summed E-state index contributed by atoms with van der Waals surface area (Å²) in [4.78, 5) is 0. The number of rotatable bonds is 3. The van der Waals surface area contributed by atoms with Crippen LogP contribution >= 0.6 is 0 Å². The monoisotopic (exact) mass is 321 g/mol. The quantitative estimate of drug-likeness (QED) is 0.572. The number of hydrogen-bond donors (Lipinski definition) is 0. The van der Waals surface area contributed by atoms with E-state index in [1.165, 1.54) is 0 Å². The Labute approximate surface area is 135 Å². The fourth-order valence-electron chi connectivity index (χ4n) is 2.63. The van der Waals surface area contributed by atoms with Crippen LogP contribution in [-0.4, -0.2) is 32.0 Å². The molecule has 4 aromatic rings. The third kappa shape index (κ3) is 2.08. The zero-order valence-corrected chi connectivity index (χ0v) is 12.4. The lowest BCUT2D eigenvalue weighted by Crippen LogP contribution is -2.02. The molecule has 118 valence electrons. The smallest absolute Gasteiger partial charge is 0.247 e. The van der Waals surface area contributed by atoms with Crippen LogP contribution in [0.4, 0.5) is 0 Å². The molecular weight excluding hydrogens is 310 g/mol. The molecule has 1 aliphatic heterocycles. The highest BCUT2D eigenvalue weighted by Gasteiger charge is 2.17. The van der Waals surface area contributed by atoms with E-state index < -0.39 is 0 Å². The maximum Gasteiger partial charge on any atom is 0.247 e. The molecule has 0 unspecified atom stereocenters. The van der Waals surface area contributed by atoms with Crippen molar-refractivity contribution in [3.63, 3.8) is 0 Å². The molecule has 0 aliphatic carbocycles. The van der Waals surface area contributed by atoms with Crippen molar-refractivity contribution < 1.29 is 13.9 Å². The van der Waals surface area contributed by atoms with Crippen LogP contribution in [0.3, 0.4) is 0 Å². The van der Waals surface area contributed by atoms with Gasteiger partial charge in [0.25, 0.3) is 0 Å². The molecule has 0 spiro atoms. The molecule has 3 heterocycles. The summed E-state index contributed by atoms with van der Waals surface area (Å²) in [6, 6.07) is 13.2. The SMILES string of the molecule is c1ccc2c(c1)nnn2Cc1nnc(-c2ccc3c(c2)OCO3)o1. The first-order chi connectivity index (χ1) is 11.9. The lowest BCUT2D eigenvalue weighted by Gasteiger charge is -1.99. The van der Waals surface area contributed by atoms with Crippen molar-refractivity contribution in [1.29, 1.82) is 0 Å². The molecule has 0 amide bonds. The Morgan fingerprint density at radius 1 is 0.958 bits per heavy atom. The summed E-state index contributed by atoms with van der Waals surface area (Å²) in [5.41, 5.74) is 2.52. The van der Waals surface area contributed by atoms with Crippen LogP contribution in [0, 0.1) is 0 Å². The summed E-state index contributed by atoms with van der Waals surface area (Å²) in [5.74, 6) is 2.27. The van der Waals surface area contributed by atoms with E-state index in [4.69, 9.17) is 13.9 Å². The first-order valence-electron chi connectivity index (χ1n) is 7.37. The maximum absolute atomic E-state index is 5.74. The second-order valence-corrected chi connectivity index (χ2v) is 5.30. The minimum atomic E-state index is 0.229. The minimum absolute atomic E-state index is 0.229. The molecule has 8 nitrogen and oxygen atoms in total. The van der Waals surface area contributed by atoms with Crippen LogP contribution in [0.2, 0.25) is 0 Å². The van der Waals surface area contributed by atoms with Crippen LogP contribution in [0.1, 0.15) is 5.89 Å². The average molecular weight is 321 g/mol. The van der Waals surface area contributed by atoms with Gasteiger partial charge in [-0.1, -0.05) is 17.3 Å². The van der Waals surface area contributed by atoms with E-state index in [2.05, 4.69) is 20.5 Å². The van der Waals surface area contributed by atoms with E-state index in [1.54, 1.807) is 4.68 Å². The third-order valence-electron chi connectivity index (χ3n) is 3.79. The molecule has 8 heteroatoms. The van der Waals surface area contributed by atoms with Gasteiger partial charge in [-0.3, -0.25) is 0 Å². The zero-order valence-electron chi connectivity index (χ0n) is 12.4. The van der Waals surface area contributed by atoms with Crippen LogP contribution in [0.15, 0.2) is 46.9 Å². The number of nitrogens with zero attached hydrogens (tertiary/aromatic N) is 5. The average Bonchev–Trinajstić information content (AvgIpc) is 3.34. The van der Waals surface area contributed by atoms with Gasteiger partial charge in [0.1, 0.15) is 12.1 Å². The number of ether oxygens (including phenoxy) is 2. The molecule has 0 saturated carbocycles. The van der Waals surface area contributed by atoms with Crippen molar-refractivity contribution in [3.8, 4) is 23.0 Å². The lowest BCUT2D eigenvalue weighted by atomic mass is 10.2. The van der Waals surface area contributed by atoms with E-state index in [1.807, 2.05) is 42.5 Å². The van der Waals surface area contributed by atoms with Gasteiger partial charge < -0.3 is 13.9 Å². The first-order valence-corrected chi connectivity index (χ1v) is 7.37. The van der Waals surface area contributed by atoms with Crippen LogP contribution in [0.5, 0.6) is 11.5 Å². The van der Waals surface area contributed by atoms with Crippen molar-refractivity contribution in [2.24, 2.45) is 0 Å². The highest BCUT2D eigenvalue weighted by atomic mass is 16.7. The van der Waals surface area contributed by atoms with Gasteiger partial charge in [0.05, 0.1) is 5.52 Å². The van der Waals surface area contributed by atoms with Crippen LogP contribution < -0.4 is 9.47 Å². The number of aromatic nitrogens is 5. The summed E-state index contributed by atoms with van der Waals surface area (Å²) in [7, 11) is 0. The van der Waals surface area contributed by atoms with Gasteiger partial charge in [0.15, 0.2) is 11.5 Å². The Morgan fingerprint density at radius 2 is 1.88 bits per heavy atom. The number of benzene rings is 2. The van der Waals surface area contributed by atoms with Gasteiger partial charge in [0.2, 0.25) is 18.6 Å². The Hall–Kier alpha value is -3.42. The molecule has 1 aliphatic rings. The highest BCUT2D eigenvalue weighted by Crippen LogP contribution is 2.35. The molecular formula is C16H11N5O3. The minimum Gasteiger partial charge on any atom is -0.454 e. The summed E-state index contributed by atoms with van der Waals surface area (Å²) in [6.45, 7) is 0.589. The number of fused-ring (bicyclic) bond motifs is 2. The Bertz CT molecular complexity index is 1040. The normalized spacial score (nSPS) is 12.8. The summed E-state index contributed by atoms with van der Waals surface area (Å²) < 4.78 is 18.1. The molecule has 0 fully saturated rings. The molecule has 0 saturated heterocycles. The van der Waals surface area contributed by atoms with Crippen molar-refractivity contribution in [2.45, 2.75) is 6.54 Å². The van der Waals surface area contributed by atoms with Gasteiger partial charge in [-0.05, 0) is 30.3 Å². The van der Waals surface area contributed by atoms with E-state index in [-0.39, 0.29) is 6.79 Å². The van der Waals surface area contributed by atoms with Crippen molar-refractivity contribution in [2.75, 3.05) is 6.79 Å². The molecule has 0 radical (unpaired) electrons. The fourth-order valence-corrected chi connectivity index (χ4v) is 2.63. The second-order valence-electron chi connectivity index (χ2n) is 5.30. The number of hydrogen-bond acceptors (Lipinski definition) is 7. The first kappa shape index (κ1) is 13.1. The Kier molecular flexibility index (Phi) is 2.75. The maximum atomic E-state index is 5.74. The predicted molar refractivity (Wildman–Crippen MR) is 82.5 cm³/mol. The molecule has 2 aromatic carbocycles. The zero-order chi connectivity index (χ0) is 15.9. The predicted octanol–water partition coefficient (Wildman–Crippen LogP) is 2.26. The molecule has 0 bridgehead atoms. The standard InChI is InChI=1S/C16H11N5O3/c1-2-4-12-11(3-1)17-20-21(12)8-15-18-19-16(24-15)10-5-6-13-14(7-10)23-9-22-13/h1-7H,8-9H2. The third-order valence-corrected chi connectivity index (χ3v) is 3.79. The van der Waals surface area contributed by atoms with Crippen molar-refractivity contribution in [1.82, 2.24) is 25.2 Å². The summed E-state index contributed by atoms with van der Waals surface area (Å²) in [6.07, 6.45) is 0. The second kappa shape index (κ2) is 5.05. The van der Waals surface area contributed by atoms with Crippen LogP contribution in [0.25, 0.3) is 22.5 Å².